The van der Waals surface area contributed by atoms with Crippen molar-refractivity contribution in [2.75, 3.05) is 26.4 Å². The van der Waals surface area contributed by atoms with Gasteiger partial charge in [-0.1, -0.05) is 13.3 Å². The number of rotatable bonds is 9. The van der Waals surface area contributed by atoms with Crippen LogP contribution in [-0.4, -0.2) is 41.2 Å². The summed E-state index contributed by atoms with van der Waals surface area (Å²) < 4.78 is 18.2. The molecule has 0 amide bonds. The molecule has 1 fully saturated rings. The Balaban J connectivity index is 2.87. The van der Waals surface area contributed by atoms with Crippen LogP contribution in [0.3, 0.4) is 0 Å². The highest BCUT2D eigenvalue weighted by molar-refractivity contribution is 6.62. The van der Waals surface area contributed by atoms with Gasteiger partial charge in [0.05, 0.1) is 0 Å². The lowest BCUT2D eigenvalue weighted by molar-refractivity contribution is 0.0539. The van der Waals surface area contributed by atoms with E-state index in [-0.39, 0.29) is 0 Å². The van der Waals surface area contributed by atoms with Gasteiger partial charge in [0.1, 0.15) is 0 Å². The van der Waals surface area contributed by atoms with E-state index in [1.807, 2.05) is 20.8 Å². The van der Waals surface area contributed by atoms with E-state index in [4.69, 9.17) is 13.3 Å². The molecule has 0 saturated carbocycles. The molecule has 1 saturated heterocycles. The van der Waals surface area contributed by atoms with E-state index in [2.05, 4.69) is 12.2 Å². The molecule has 0 aromatic heterocycles. The summed E-state index contributed by atoms with van der Waals surface area (Å²) in [4.78, 5) is 0. The van der Waals surface area contributed by atoms with Gasteiger partial charge in [-0.05, 0) is 46.6 Å². The fourth-order valence-electron chi connectivity index (χ4n) is 3.05. The molecule has 0 bridgehead atoms. The number of hydrogen-bond donors (Lipinski definition) is 1. The van der Waals surface area contributed by atoms with Crippen LogP contribution >= 0.6 is 0 Å². The first-order valence-corrected chi connectivity index (χ1v) is 9.69. The van der Waals surface area contributed by atoms with Crippen LogP contribution in [0.1, 0.15) is 53.4 Å². The first-order chi connectivity index (χ1) is 9.24. The van der Waals surface area contributed by atoms with E-state index in [1.165, 1.54) is 19.3 Å². The predicted molar refractivity (Wildman–Crippen MR) is 80.3 cm³/mol. The molecule has 0 aliphatic carbocycles. The Labute approximate surface area is 119 Å². The molecule has 19 heavy (non-hydrogen) atoms. The van der Waals surface area contributed by atoms with Crippen LogP contribution in [0.2, 0.25) is 5.54 Å². The number of nitrogens with one attached hydrogen (secondary N) is 1. The standard InChI is InChI=1S/C14H31NO3Si/c1-5-14(13-11-9-10-12-15-13)19(16-6-2,17-7-3)18-8-4/h13-15H,5-12H2,1-4H3. The molecule has 1 rings (SSSR count). The zero-order chi connectivity index (χ0) is 14.1. The van der Waals surface area contributed by atoms with E-state index in [9.17, 15) is 0 Å². The molecule has 0 aromatic carbocycles. The molecule has 1 heterocycles. The second-order valence-electron chi connectivity index (χ2n) is 4.97. The molecular weight excluding hydrogens is 258 g/mol. The van der Waals surface area contributed by atoms with E-state index in [0.717, 1.165) is 13.0 Å². The van der Waals surface area contributed by atoms with Crippen molar-refractivity contribution in [1.29, 1.82) is 0 Å². The SMILES string of the molecule is CCO[Si](OCC)(OCC)C(CC)C1CCCCN1. The maximum Gasteiger partial charge on any atom is 0.505 e. The first-order valence-electron chi connectivity index (χ1n) is 7.89. The van der Waals surface area contributed by atoms with Crippen LogP contribution in [0.4, 0.5) is 0 Å². The molecule has 1 aliphatic heterocycles. The Hall–Kier alpha value is 0.0569. The fraction of sp³-hybridized carbons (Fsp3) is 1.00. The lowest BCUT2D eigenvalue weighted by atomic mass is 10.0. The second kappa shape index (κ2) is 9.08. The Bertz CT molecular complexity index is 218. The Kier molecular flexibility index (Phi) is 8.17. The van der Waals surface area contributed by atoms with E-state index in [0.29, 0.717) is 31.4 Å². The van der Waals surface area contributed by atoms with Gasteiger partial charge < -0.3 is 18.6 Å². The van der Waals surface area contributed by atoms with E-state index in [1.54, 1.807) is 0 Å². The summed E-state index contributed by atoms with van der Waals surface area (Å²) in [5.41, 5.74) is 0.368. The maximum atomic E-state index is 6.07. The molecular formula is C14H31NO3Si. The average Bonchev–Trinajstić information content (AvgIpc) is 2.41. The Morgan fingerprint density at radius 1 is 1.00 bits per heavy atom. The first kappa shape index (κ1) is 17.1. The zero-order valence-electron chi connectivity index (χ0n) is 13.0. The smallest absolute Gasteiger partial charge is 0.374 e. The van der Waals surface area contributed by atoms with Gasteiger partial charge >= 0.3 is 8.80 Å². The molecule has 0 radical (unpaired) electrons. The quantitative estimate of drug-likeness (QED) is 0.663. The minimum Gasteiger partial charge on any atom is -0.374 e. The number of piperidine rings is 1. The van der Waals surface area contributed by atoms with Gasteiger partial charge in [0, 0.05) is 31.4 Å². The summed E-state index contributed by atoms with van der Waals surface area (Å²) in [6, 6.07) is 0.482. The zero-order valence-corrected chi connectivity index (χ0v) is 14.0. The van der Waals surface area contributed by atoms with Crippen LogP contribution in [0.15, 0.2) is 0 Å². The summed E-state index contributed by atoms with van der Waals surface area (Å²) in [6.07, 6.45) is 4.83. The molecule has 5 heteroatoms. The van der Waals surface area contributed by atoms with Crippen molar-refractivity contribution in [3.8, 4) is 0 Å². The second-order valence-corrected chi connectivity index (χ2v) is 7.79. The van der Waals surface area contributed by atoms with Gasteiger partial charge in [0.2, 0.25) is 0 Å². The lowest BCUT2D eigenvalue weighted by Crippen LogP contribution is -2.57. The van der Waals surface area contributed by atoms with Gasteiger partial charge in [0.15, 0.2) is 0 Å². The molecule has 0 spiro atoms. The monoisotopic (exact) mass is 289 g/mol. The highest BCUT2D eigenvalue weighted by Gasteiger charge is 2.51. The minimum absolute atomic E-state index is 0.368. The molecule has 2 atom stereocenters. The third-order valence-electron chi connectivity index (χ3n) is 3.76. The van der Waals surface area contributed by atoms with E-state index >= 15 is 0 Å². The highest BCUT2D eigenvalue weighted by Crippen LogP contribution is 2.35. The van der Waals surface area contributed by atoms with Gasteiger partial charge in [-0.3, -0.25) is 0 Å². The van der Waals surface area contributed by atoms with Gasteiger partial charge in [-0.25, -0.2) is 0 Å². The highest BCUT2D eigenvalue weighted by atomic mass is 28.4. The van der Waals surface area contributed by atoms with Crippen molar-refractivity contribution in [3.05, 3.63) is 0 Å². The maximum absolute atomic E-state index is 6.07. The average molecular weight is 289 g/mol. The molecule has 2 unspecified atom stereocenters. The largest absolute Gasteiger partial charge is 0.505 e. The van der Waals surface area contributed by atoms with Crippen LogP contribution in [0.5, 0.6) is 0 Å². The molecule has 1 aliphatic rings. The molecule has 114 valence electrons. The van der Waals surface area contributed by atoms with Crippen molar-refractivity contribution in [3.63, 3.8) is 0 Å². The van der Waals surface area contributed by atoms with Crippen LogP contribution in [0.25, 0.3) is 0 Å². The topological polar surface area (TPSA) is 39.7 Å². The summed E-state index contributed by atoms with van der Waals surface area (Å²) in [5.74, 6) is 0. The third kappa shape index (κ3) is 4.53. The summed E-state index contributed by atoms with van der Waals surface area (Å²) in [7, 11) is -2.57. The minimum atomic E-state index is -2.57. The molecule has 4 nitrogen and oxygen atoms in total. The predicted octanol–water partition coefficient (Wildman–Crippen LogP) is 2.96. The van der Waals surface area contributed by atoms with E-state index < -0.39 is 8.80 Å². The fourth-order valence-corrected chi connectivity index (χ4v) is 6.43. The van der Waals surface area contributed by atoms with Crippen LogP contribution in [0, 0.1) is 0 Å². The van der Waals surface area contributed by atoms with Crippen molar-refractivity contribution in [2.45, 2.75) is 65.0 Å². The Morgan fingerprint density at radius 3 is 1.95 bits per heavy atom. The summed E-state index contributed by atoms with van der Waals surface area (Å²) >= 11 is 0. The molecule has 0 aromatic rings. The third-order valence-corrected chi connectivity index (χ3v) is 7.56. The van der Waals surface area contributed by atoms with Crippen molar-refractivity contribution in [2.24, 2.45) is 0 Å². The van der Waals surface area contributed by atoms with Crippen LogP contribution < -0.4 is 5.32 Å². The summed E-state index contributed by atoms with van der Waals surface area (Å²) in [5, 5.41) is 3.65. The number of hydrogen-bond acceptors (Lipinski definition) is 4. The normalized spacial score (nSPS) is 22.4. The van der Waals surface area contributed by atoms with Crippen molar-refractivity contribution >= 4 is 8.80 Å². The summed E-state index contributed by atoms with van der Waals surface area (Å²) in [6.45, 7) is 11.4. The van der Waals surface area contributed by atoms with Crippen LogP contribution in [-0.2, 0) is 13.3 Å². The van der Waals surface area contributed by atoms with Crippen molar-refractivity contribution in [1.82, 2.24) is 5.32 Å². The Morgan fingerprint density at radius 2 is 1.58 bits per heavy atom. The lowest BCUT2D eigenvalue weighted by Gasteiger charge is -2.40. The van der Waals surface area contributed by atoms with Gasteiger partial charge in [-0.15, -0.1) is 0 Å². The molecule has 1 N–H and O–H groups in total. The van der Waals surface area contributed by atoms with Gasteiger partial charge in [0.25, 0.3) is 0 Å². The van der Waals surface area contributed by atoms with Gasteiger partial charge in [-0.2, -0.15) is 0 Å². The van der Waals surface area contributed by atoms with Crippen molar-refractivity contribution < 1.29 is 13.3 Å².